The van der Waals surface area contributed by atoms with E-state index in [1.807, 2.05) is 0 Å². The van der Waals surface area contributed by atoms with Gasteiger partial charge in [0.2, 0.25) is 0 Å². The van der Waals surface area contributed by atoms with Crippen LogP contribution in [0.5, 0.6) is 0 Å². The van der Waals surface area contributed by atoms with E-state index in [9.17, 15) is 0 Å². The molecule has 0 aromatic carbocycles. The molecule has 0 aromatic heterocycles. The van der Waals surface area contributed by atoms with Crippen molar-refractivity contribution >= 4 is 0 Å². The number of rotatable bonds is 0. The van der Waals surface area contributed by atoms with Gasteiger partial charge in [-0.2, -0.15) is 0 Å². The highest BCUT2D eigenvalue weighted by Crippen LogP contribution is 2.42. The van der Waals surface area contributed by atoms with Crippen molar-refractivity contribution in [3.05, 3.63) is 0 Å². The summed E-state index contributed by atoms with van der Waals surface area (Å²) in [5.41, 5.74) is 0. The van der Waals surface area contributed by atoms with Gasteiger partial charge in [-0.15, -0.1) is 0 Å². The lowest BCUT2D eigenvalue weighted by Crippen LogP contribution is -2.64. The second kappa shape index (κ2) is 1.46. The fourth-order valence-electron chi connectivity index (χ4n) is 0.928. The molecular weight excluding hydrogens is 124 g/mol. The summed E-state index contributed by atoms with van der Waals surface area (Å²) >= 11 is 0. The molecular formula is C5H10O4. The highest BCUT2D eigenvalue weighted by molar-refractivity contribution is 4.97. The quantitative estimate of drug-likeness (QED) is 0.300. The Balaban J connectivity index is 2.62. The topological polar surface area (TPSA) is 80.9 Å². The van der Waals surface area contributed by atoms with Crippen LogP contribution in [0.4, 0.5) is 0 Å². The Morgan fingerprint density at radius 3 is 1.44 bits per heavy atom. The Bertz CT molecular complexity index is 115. The van der Waals surface area contributed by atoms with Gasteiger partial charge in [-0.3, -0.25) is 0 Å². The van der Waals surface area contributed by atoms with Crippen molar-refractivity contribution in [2.75, 3.05) is 0 Å². The molecule has 0 amide bonds. The van der Waals surface area contributed by atoms with Crippen molar-refractivity contribution in [2.24, 2.45) is 5.92 Å². The Labute approximate surface area is 52.4 Å². The molecule has 1 aliphatic carbocycles. The maximum atomic E-state index is 8.75. The van der Waals surface area contributed by atoms with Crippen LogP contribution in [0, 0.1) is 5.92 Å². The van der Waals surface area contributed by atoms with Gasteiger partial charge in [0, 0.05) is 0 Å². The van der Waals surface area contributed by atoms with Gasteiger partial charge < -0.3 is 20.4 Å². The van der Waals surface area contributed by atoms with Crippen molar-refractivity contribution in [2.45, 2.75) is 24.9 Å². The van der Waals surface area contributed by atoms with E-state index in [0.29, 0.717) is 0 Å². The average Bonchev–Trinajstić information content (AvgIpc) is 1.63. The molecule has 1 saturated carbocycles. The van der Waals surface area contributed by atoms with E-state index >= 15 is 0 Å². The van der Waals surface area contributed by atoms with Crippen molar-refractivity contribution in [1.82, 2.24) is 0 Å². The zero-order valence-corrected chi connectivity index (χ0v) is 5.07. The van der Waals surface area contributed by atoms with E-state index < -0.39 is 17.5 Å². The molecule has 4 heteroatoms. The summed E-state index contributed by atoms with van der Waals surface area (Å²) in [4.78, 5) is 0. The fraction of sp³-hybridized carbons (Fsp3) is 1.00. The van der Waals surface area contributed by atoms with Crippen LogP contribution in [0.1, 0.15) is 13.3 Å². The van der Waals surface area contributed by atoms with Crippen LogP contribution in [0.15, 0.2) is 0 Å². The van der Waals surface area contributed by atoms with Crippen molar-refractivity contribution in [1.29, 1.82) is 0 Å². The first-order valence-corrected chi connectivity index (χ1v) is 2.76. The molecule has 0 atom stereocenters. The highest BCUT2D eigenvalue weighted by Gasteiger charge is 2.59. The number of hydrogen-bond acceptors (Lipinski definition) is 4. The van der Waals surface area contributed by atoms with Crippen molar-refractivity contribution in [3.8, 4) is 0 Å². The van der Waals surface area contributed by atoms with E-state index in [2.05, 4.69) is 0 Å². The fourth-order valence-corrected chi connectivity index (χ4v) is 0.928. The van der Waals surface area contributed by atoms with Gasteiger partial charge in [-0.25, -0.2) is 0 Å². The molecule has 0 aliphatic heterocycles. The van der Waals surface area contributed by atoms with Crippen LogP contribution in [0.2, 0.25) is 0 Å². The second-order valence-electron chi connectivity index (χ2n) is 2.66. The van der Waals surface area contributed by atoms with Crippen LogP contribution in [0.25, 0.3) is 0 Å². The van der Waals surface area contributed by atoms with E-state index in [-0.39, 0.29) is 6.42 Å². The molecule has 0 aromatic rings. The molecule has 4 N–H and O–H groups in total. The van der Waals surface area contributed by atoms with Gasteiger partial charge in [0.1, 0.15) is 0 Å². The second-order valence-corrected chi connectivity index (χ2v) is 2.66. The Morgan fingerprint density at radius 2 is 1.44 bits per heavy atom. The number of hydrogen-bond donors (Lipinski definition) is 4. The van der Waals surface area contributed by atoms with E-state index in [1.54, 1.807) is 0 Å². The molecule has 0 bridgehead atoms. The zero-order chi connectivity index (χ0) is 7.28. The smallest absolute Gasteiger partial charge is 0.175 e. The lowest BCUT2D eigenvalue weighted by Gasteiger charge is -2.49. The summed E-state index contributed by atoms with van der Waals surface area (Å²) in [6.45, 7) is 1.36. The minimum absolute atomic E-state index is 0.388. The van der Waals surface area contributed by atoms with E-state index in [1.165, 1.54) is 6.92 Å². The van der Waals surface area contributed by atoms with Gasteiger partial charge in [0.25, 0.3) is 0 Å². The summed E-state index contributed by atoms with van der Waals surface area (Å²) in [7, 11) is 0. The van der Waals surface area contributed by atoms with Crippen LogP contribution < -0.4 is 0 Å². The average molecular weight is 134 g/mol. The predicted molar refractivity (Wildman–Crippen MR) is 28.1 cm³/mol. The Morgan fingerprint density at radius 1 is 1.11 bits per heavy atom. The minimum Gasteiger partial charge on any atom is -0.365 e. The van der Waals surface area contributed by atoms with Crippen molar-refractivity contribution < 1.29 is 20.4 Å². The SMILES string of the molecule is CC1C(O)(O)CC1(O)O. The van der Waals surface area contributed by atoms with Gasteiger partial charge in [-0.05, 0) is 0 Å². The van der Waals surface area contributed by atoms with Crippen LogP contribution in [-0.4, -0.2) is 32.0 Å². The van der Waals surface area contributed by atoms with Gasteiger partial charge in [-0.1, -0.05) is 6.92 Å². The third kappa shape index (κ3) is 0.840. The zero-order valence-electron chi connectivity index (χ0n) is 5.07. The maximum absolute atomic E-state index is 8.75. The Hall–Kier alpha value is -0.160. The number of aliphatic hydroxyl groups is 4. The standard InChI is InChI=1S/C5H10O4/c1-3-4(6,7)2-5(3,8)9/h3,6-9H,2H2,1H3. The first kappa shape index (κ1) is 6.95. The Kier molecular flexibility index (Phi) is 1.13. The van der Waals surface area contributed by atoms with E-state index in [4.69, 9.17) is 20.4 Å². The molecule has 0 radical (unpaired) electrons. The highest BCUT2D eigenvalue weighted by atomic mass is 16.6. The summed E-state index contributed by atoms with van der Waals surface area (Å²) in [5.74, 6) is -4.66. The van der Waals surface area contributed by atoms with Gasteiger partial charge >= 0.3 is 0 Å². The third-order valence-corrected chi connectivity index (χ3v) is 1.91. The first-order valence-electron chi connectivity index (χ1n) is 2.76. The van der Waals surface area contributed by atoms with E-state index in [0.717, 1.165) is 0 Å². The molecule has 0 spiro atoms. The van der Waals surface area contributed by atoms with Crippen LogP contribution >= 0.6 is 0 Å². The van der Waals surface area contributed by atoms with Gasteiger partial charge in [0.05, 0.1) is 12.3 Å². The molecule has 9 heavy (non-hydrogen) atoms. The van der Waals surface area contributed by atoms with Gasteiger partial charge in [0.15, 0.2) is 11.6 Å². The normalized spacial score (nSPS) is 31.7. The molecule has 54 valence electrons. The monoisotopic (exact) mass is 134 g/mol. The lowest BCUT2D eigenvalue weighted by molar-refractivity contribution is -0.396. The molecule has 0 saturated heterocycles. The summed E-state index contributed by atoms with van der Waals surface area (Å²) < 4.78 is 0. The summed E-state index contributed by atoms with van der Waals surface area (Å²) in [6.07, 6.45) is -0.388. The first-order chi connectivity index (χ1) is 3.86. The summed E-state index contributed by atoms with van der Waals surface area (Å²) in [5, 5.41) is 35.0. The summed E-state index contributed by atoms with van der Waals surface area (Å²) in [6, 6.07) is 0. The third-order valence-electron chi connectivity index (χ3n) is 1.91. The van der Waals surface area contributed by atoms with Crippen LogP contribution in [-0.2, 0) is 0 Å². The minimum atomic E-state index is -1.89. The molecule has 0 heterocycles. The van der Waals surface area contributed by atoms with Crippen LogP contribution in [0.3, 0.4) is 0 Å². The molecule has 1 aliphatic rings. The molecule has 1 fully saturated rings. The van der Waals surface area contributed by atoms with Crippen molar-refractivity contribution in [3.63, 3.8) is 0 Å². The maximum Gasteiger partial charge on any atom is 0.175 e. The lowest BCUT2D eigenvalue weighted by atomic mass is 9.73. The molecule has 1 rings (SSSR count). The molecule has 4 nitrogen and oxygen atoms in total. The largest absolute Gasteiger partial charge is 0.365 e. The molecule has 0 unspecified atom stereocenters. The predicted octanol–water partition coefficient (Wildman–Crippen LogP) is -1.61.